The predicted octanol–water partition coefficient (Wildman–Crippen LogP) is 2.88. The lowest BCUT2D eigenvalue weighted by molar-refractivity contribution is 0.0632. The van der Waals surface area contributed by atoms with Crippen LogP contribution in [0.4, 0.5) is 0 Å². The molecule has 2 aliphatic rings. The SMILES string of the molecule is N#Cc1ccc(OC2CC(n3nc4n(c3=O)[C@H](c3ccccc3)CC4)C2)c2ccnn12. The summed E-state index contributed by atoms with van der Waals surface area (Å²) in [5.41, 5.74) is 2.36. The normalized spacial score (nSPS) is 22.1. The van der Waals surface area contributed by atoms with Crippen LogP contribution in [-0.4, -0.2) is 30.1 Å². The van der Waals surface area contributed by atoms with Gasteiger partial charge in [0.05, 0.1) is 18.3 Å². The Bertz CT molecular complexity index is 1370. The van der Waals surface area contributed by atoms with Crippen LogP contribution in [0.5, 0.6) is 5.75 Å². The summed E-state index contributed by atoms with van der Waals surface area (Å²) in [6, 6.07) is 17.8. The van der Waals surface area contributed by atoms with Gasteiger partial charge in [-0.3, -0.25) is 4.57 Å². The number of nitrogens with zero attached hydrogens (tertiary/aromatic N) is 6. The van der Waals surface area contributed by atoms with Gasteiger partial charge in [0.1, 0.15) is 35.0 Å². The molecule has 1 aromatic carbocycles. The second kappa shape index (κ2) is 6.84. The maximum atomic E-state index is 13.1. The van der Waals surface area contributed by atoms with Crippen molar-refractivity contribution in [1.29, 1.82) is 5.26 Å². The molecule has 4 aromatic rings. The van der Waals surface area contributed by atoms with Crippen LogP contribution in [0, 0.1) is 11.3 Å². The van der Waals surface area contributed by atoms with Crippen molar-refractivity contribution in [3.8, 4) is 11.8 Å². The number of hydrogen-bond donors (Lipinski definition) is 0. The molecular formula is C23H20N6O2. The zero-order chi connectivity index (χ0) is 20.9. The number of aromatic nitrogens is 5. The van der Waals surface area contributed by atoms with Crippen LogP contribution in [-0.2, 0) is 6.42 Å². The second-order valence-electron chi connectivity index (χ2n) is 8.17. The van der Waals surface area contributed by atoms with Gasteiger partial charge in [-0.15, -0.1) is 0 Å². The van der Waals surface area contributed by atoms with Gasteiger partial charge in [-0.2, -0.15) is 15.5 Å². The number of pyridine rings is 1. The van der Waals surface area contributed by atoms with E-state index in [0.29, 0.717) is 11.4 Å². The lowest BCUT2D eigenvalue weighted by atomic mass is 9.89. The monoisotopic (exact) mass is 412 g/mol. The fourth-order valence-corrected chi connectivity index (χ4v) is 4.73. The minimum atomic E-state index is -0.0265. The fourth-order valence-electron chi connectivity index (χ4n) is 4.73. The Morgan fingerprint density at radius 2 is 1.94 bits per heavy atom. The standard InChI is InChI=1S/C23H20N6O2/c24-14-16-6-8-21(20-10-11-25-28(16)20)31-18-12-17(13-18)29-23(30)27-19(7-9-22(27)26-29)15-4-2-1-3-5-15/h1-6,8,10-11,17-19H,7,9,12-13H2/t17?,18?,19-/m0/s1. The first-order chi connectivity index (χ1) is 15.2. The summed E-state index contributed by atoms with van der Waals surface area (Å²) < 4.78 is 11.3. The summed E-state index contributed by atoms with van der Waals surface area (Å²) in [7, 11) is 0. The number of aryl methyl sites for hydroxylation is 1. The topological polar surface area (TPSA) is 90.1 Å². The van der Waals surface area contributed by atoms with Gasteiger partial charge in [-0.05, 0) is 30.2 Å². The molecule has 1 fully saturated rings. The third kappa shape index (κ3) is 2.77. The smallest absolute Gasteiger partial charge is 0.346 e. The summed E-state index contributed by atoms with van der Waals surface area (Å²) in [5, 5.41) is 18.1. The highest BCUT2D eigenvalue weighted by Crippen LogP contribution is 2.37. The predicted molar refractivity (Wildman–Crippen MR) is 112 cm³/mol. The van der Waals surface area contributed by atoms with E-state index < -0.39 is 0 Å². The Hall–Kier alpha value is -3.86. The molecule has 0 N–H and O–H groups in total. The minimum absolute atomic E-state index is 0.00463. The number of benzene rings is 1. The van der Waals surface area contributed by atoms with Crippen molar-refractivity contribution in [2.75, 3.05) is 0 Å². The molecule has 8 nitrogen and oxygen atoms in total. The zero-order valence-electron chi connectivity index (χ0n) is 16.8. The molecule has 8 heteroatoms. The quantitative estimate of drug-likeness (QED) is 0.514. The Balaban J connectivity index is 1.20. The van der Waals surface area contributed by atoms with E-state index in [9.17, 15) is 10.1 Å². The number of fused-ring (bicyclic) bond motifs is 2. The molecule has 0 unspecified atom stereocenters. The summed E-state index contributed by atoms with van der Waals surface area (Å²) in [5.74, 6) is 1.57. The number of hydrogen-bond acceptors (Lipinski definition) is 5. The van der Waals surface area contributed by atoms with Crippen molar-refractivity contribution in [2.45, 2.75) is 43.9 Å². The Labute approximate surface area is 177 Å². The average Bonchev–Trinajstić information content (AvgIpc) is 3.48. The van der Waals surface area contributed by atoms with E-state index in [0.717, 1.165) is 42.6 Å². The van der Waals surface area contributed by atoms with Crippen LogP contribution >= 0.6 is 0 Å². The van der Waals surface area contributed by atoms with Crippen molar-refractivity contribution >= 4 is 5.52 Å². The first kappa shape index (κ1) is 18.0. The molecule has 1 saturated carbocycles. The van der Waals surface area contributed by atoms with Crippen molar-refractivity contribution < 1.29 is 4.74 Å². The maximum absolute atomic E-state index is 13.1. The molecule has 0 saturated heterocycles. The molecule has 4 heterocycles. The molecule has 1 aliphatic heterocycles. The summed E-state index contributed by atoms with van der Waals surface area (Å²) in [4.78, 5) is 13.1. The summed E-state index contributed by atoms with van der Waals surface area (Å²) in [6.07, 6.45) is 4.85. The van der Waals surface area contributed by atoms with Gasteiger partial charge >= 0.3 is 5.69 Å². The Morgan fingerprint density at radius 3 is 2.74 bits per heavy atom. The fraction of sp³-hybridized carbons (Fsp3) is 0.304. The zero-order valence-corrected chi connectivity index (χ0v) is 16.8. The van der Waals surface area contributed by atoms with Crippen LogP contribution in [0.1, 0.15) is 48.4 Å². The minimum Gasteiger partial charge on any atom is -0.488 e. The average molecular weight is 412 g/mol. The second-order valence-corrected chi connectivity index (χ2v) is 8.17. The lowest BCUT2D eigenvalue weighted by Crippen LogP contribution is -2.41. The molecule has 1 atom stereocenters. The molecule has 6 rings (SSSR count). The Morgan fingerprint density at radius 1 is 1.10 bits per heavy atom. The molecular weight excluding hydrogens is 392 g/mol. The van der Waals surface area contributed by atoms with Crippen LogP contribution in [0.2, 0.25) is 0 Å². The maximum Gasteiger partial charge on any atom is 0.346 e. The van der Waals surface area contributed by atoms with Gasteiger partial charge in [0, 0.05) is 19.3 Å². The third-order valence-electron chi connectivity index (χ3n) is 6.38. The van der Waals surface area contributed by atoms with E-state index in [1.165, 1.54) is 0 Å². The van der Waals surface area contributed by atoms with Gasteiger partial charge in [-0.1, -0.05) is 30.3 Å². The van der Waals surface area contributed by atoms with Gasteiger partial charge in [0.2, 0.25) is 0 Å². The van der Waals surface area contributed by atoms with Crippen molar-refractivity contribution in [3.63, 3.8) is 0 Å². The summed E-state index contributed by atoms with van der Waals surface area (Å²) in [6.45, 7) is 0. The molecule has 0 radical (unpaired) electrons. The van der Waals surface area contributed by atoms with Crippen LogP contribution < -0.4 is 10.4 Å². The van der Waals surface area contributed by atoms with Crippen molar-refractivity contribution in [3.05, 3.63) is 82.3 Å². The third-order valence-corrected chi connectivity index (χ3v) is 6.38. The van der Waals surface area contributed by atoms with E-state index >= 15 is 0 Å². The number of rotatable bonds is 4. The molecule has 0 amide bonds. The van der Waals surface area contributed by atoms with Gasteiger partial charge in [0.15, 0.2) is 0 Å². The van der Waals surface area contributed by atoms with E-state index in [4.69, 9.17) is 4.74 Å². The summed E-state index contributed by atoms with van der Waals surface area (Å²) >= 11 is 0. The highest BCUT2D eigenvalue weighted by Gasteiger charge is 2.37. The van der Waals surface area contributed by atoms with Gasteiger partial charge in [-0.25, -0.2) is 14.0 Å². The van der Waals surface area contributed by atoms with E-state index in [1.807, 2.05) is 34.9 Å². The van der Waals surface area contributed by atoms with Crippen molar-refractivity contribution in [1.82, 2.24) is 24.0 Å². The largest absolute Gasteiger partial charge is 0.488 e. The molecule has 0 spiro atoms. The van der Waals surface area contributed by atoms with Crippen LogP contribution in [0.25, 0.3) is 5.52 Å². The van der Waals surface area contributed by atoms with Gasteiger partial charge < -0.3 is 4.74 Å². The Kier molecular flexibility index (Phi) is 3.96. The van der Waals surface area contributed by atoms with E-state index in [2.05, 4.69) is 28.4 Å². The lowest BCUT2D eigenvalue weighted by Gasteiger charge is -2.34. The van der Waals surface area contributed by atoms with Crippen LogP contribution in [0.3, 0.4) is 0 Å². The molecule has 1 aliphatic carbocycles. The first-order valence-electron chi connectivity index (χ1n) is 10.5. The van der Waals surface area contributed by atoms with E-state index in [1.54, 1.807) is 21.5 Å². The molecule has 154 valence electrons. The van der Waals surface area contributed by atoms with Gasteiger partial charge in [0.25, 0.3) is 0 Å². The number of ether oxygens (including phenoxy) is 1. The molecule has 3 aromatic heterocycles. The molecule has 31 heavy (non-hydrogen) atoms. The van der Waals surface area contributed by atoms with Crippen LogP contribution in [0.15, 0.2) is 59.5 Å². The van der Waals surface area contributed by atoms with Crippen molar-refractivity contribution in [2.24, 2.45) is 0 Å². The number of nitriles is 1. The highest BCUT2D eigenvalue weighted by atomic mass is 16.5. The highest BCUT2D eigenvalue weighted by molar-refractivity contribution is 5.61. The first-order valence-corrected chi connectivity index (χ1v) is 10.5. The molecule has 0 bridgehead atoms. The van der Waals surface area contributed by atoms with E-state index in [-0.39, 0.29) is 23.9 Å².